The van der Waals surface area contributed by atoms with Crippen LogP contribution in [0.15, 0.2) is 12.2 Å². The molecule has 5 nitrogen and oxygen atoms in total. The number of hydrogen-bond donors (Lipinski definition) is 3. The number of ether oxygens (including phenoxy) is 2. The third kappa shape index (κ3) is 3.89. The maximum Gasteiger partial charge on any atom is 0.196 e. The Morgan fingerprint density at radius 3 is 2.40 bits per heavy atom. The lowest BCUT2D eigenvalue weighted by molar-refractivity contribution is -0.174. The third-order valence-corrected chi connectivity index (χ3v) is 2.45. The first kappa shape index (κ1) is 12.6. The lowest BCUT2D eigenvalue weighted by Gasteiger charge is -2.27. The number of aliphatic hydroxyl groups excluding tert-OH is 2. The van der Waals surface area contributed by atoms with Gasteiger partial charge in [0, 0.05) is 20.3 Å². The van der Waals surface area contributed by atoms with E-state index in [1.54, 1.807) is 6.08 Å². The summed E-state index contributed by atoms with van der Waals surface area (Å²) in [7, 11) is 2.94. The van der Waals surface area contributed by atoms with E-state index in [1.165, 1.54) is 14.2 Å². The molecule has 0 saturated carbocycles. The molecule has 5 heteroatoms. The topological polar surface area (TPSA) is 71.0 Å². The molecule has 0 saturated heterocycles. The minimum absolute atomic E-state index is 0.0520. The Labute approximate surface area is 89.7 Å². The summed E-state index contributed by atoms with van der Waals surface area (Å²) < 4.78 is 9.83. The fraction of sp³-hybridized carbons (Fsp3) is 0.800. The van der Waals surface area contributed by atoms with E-state index in [-0.39, 0.29) is 12.1 Å². The molecule has 0 amide bonds. The minimum Gasteiger partial charge on any atom is -0.389 e. The van der Waals surface area contributed by atoms with E-state index in [9.17, 15) is 10.2 Å². The highest BCUT2D eigenvalue weighted by atomic mass is 16.7. The van der Waals surface area contributed by atoms with Crippen molar-refractivity contribution in [1.82, 2.24) is 5.32 Å². The van der Waals surface area contributed by atoms with Gasteiger partial charge in [-0.05, 0) is 12.8 Å². The number of aliphatic hydroxyl groups is 2. The van der Waals surface area contributed by atoms with E-state index in [1.807, 2.05) is 6.08 Å². The normalized spacial score (nSPS) is 28.3. The van der Waals surface area contributed by atoms with Crippen LogP contribution in [-0.2, 0) is 9.47 Å². The summed E-state index contributed by atoms with van der Waals surface area (Å²) in [6.07, 6.45) is 3.15. The van der Waals surface area contributed by atoms with Crippen LogP contribution in [0.25, 0.3) is 0 Å². The average Bonchev–Trinajstić information content (AvgIpc) is 2.23. The second-order valence-corrected chi connectivity index (χ2v) is 3.59. The van der Waals surface area contributed by atoms with Crippen molar-refractivity contribution in [2.45, 2.75) is 37.5 Å². The van der Waals surface area contributed by atoms with Gasteiger partial charge >= 0.3 is 0 Å². The summed E-state index contributed by atoms with van der Waals surface area (Å²) in [5.41, 5.74) is 0. The Balaban J connectivity index is 2.37. The molecule has 15 heavy (non-hydrogen) atoms. The largest absolute Gasteiger partial charge is 0.389 e. The predicted molar refractivity (Wildman–Crippen MR) is 55.1 cm³/mol. The summed E-state index contributed by atoms with van der Waals surface area (Å²) in [6, 6.07) is 0.0520. The fourth-order valence-corrected chi connectivity index (χ4v) is 1.60. The number of nitrogens with one attached hydrogen (secondary N) is 1. The standard InChI is InChI=1S/C10H19NO4/c1-14-10(15-2)9(13)11-7-3-5-8(12)6-4-7/h3,5,7-13H,4,6H2,1-2H3/t7-,8+,9?/m1/s1. The second kappa shape index (κ2) is 6.19. The van der Waals surface area contributed by atoms with Gasteiger partial charge in [-0.3, -0.25) is 5.32 Å². The molecule has 0 spiro atoms. The SMILES string of the molecule is COC(OC)C(O)N[C@@H]1C=C[C@H](O)CC1. The highest BCUT2D eigenvalue weighted by Crippen LogP contribution is 2.12. The van der Waals surface area contributed by atoms with Gasteiger partial charge in [-0.15, -0.1) is 0 Å². The van der Waals surface area contributed by atoms with E-state index in [2.05, 4.69) is 5.32 Å². The van der Waals surface area contributed by atoms with Crippen LogP contribution in [0.3, 0.4) is 0 Å². The Morgan fingerprint density at radius 2 is 1.93 bits per heavy atom. The number of hydrogen-bond acceptors (Lipinski definition) is 5. The quantitative estimate of drug-likeness (QED) is 0.431. The maximum atomic E-state index is 9.67. The molecule has 0 aromatic heterocycles. The third-order valence-electron chi connectivity index (χ3n) is 2.45. The van der Waals surface area contributed by atoms with E-state index in [0.717, 1.165) is 6.42 Å². The Hall–Kier alpha value is -0.460. The smallest absolute Gasteiger partial charge is 0.196 e. The van der Waals surface area contributed by atoms with E-state index < -0.39 is 12.5 Å². The Kier molecular flexibility index (Phi) is 5.21. The van der Waals surface area contributed by atoms with Gasteiger partial charge in [0.25, 0.3) is 0 Å². The van der Waals surface area contributed by atoms with Crippen molar-refractivity contribution in [1.29, 1.82) is 0 Å². The molecular weight excluding hydrogens is 198 g/mol. The molecule has 88 valence electrons. The molecule has 0 aromatic carbocycles. The zero-order valence-corrected chi connectivity index (χ0v) is 9.09. The molecule has 1 aliphatic carbocycles. The minimum atomic E-state index is -0.870. The molecule has 3 N–H and O–H groups in total. The van der Waals surface area contributed by atoms with Gasteiger partial charge in [0.2, 0.25) is 0 Å². The van der Waals surface area contributed by atoms with Gasteiger partial charge < -0.3 is 19.7 Å². The van der Waals surface area contributed by atoms with Crippen molar-refractivity contribution in [2.24, 2.45) is 0 Å². The molecule has 0 radical (unpaired) electrons. The van der Waals surface area contributed by atoms with Crippen LogP contribution in [0.2, 0.25) is 0 Å². The number of methoxy groups -OCH3 is 2. The van der Waals surface area contributed by atoms with Crippen LogP contribution in [-0.4, -0.2) is 49.1 Å². The summed E-state index contributed by atoms with van der Waals surface area (Å²) in [5, 5.41) is 21.9. The van der Waals surface area contributed by atoms with Crippen LogP contribution in [0.5, 0.6) is 0 Å². The number of rotatable bonds is 5. The van der Waals surface area contributed by atoms with Gasteiger partial charge in [0.15, 0.2) is 12.5 Å². The molecule has 0 bridgehead atoms. The molecule has 0 heterocycles. The summed E-state index contributed by atoms with van der Waals surface area (Å²) in [4.78, 5) is 0. The van der Waals surface area contributed by atoms with Gasteiger partial charge in [-0.1, -0.05) is 12.2 Å². The van der Waals surface area contributed by atoms with Gasteiger partial charge in [-0.25, -0.2) is 0 Å². The lowest BCUT2D eigenvalue weighted by Crippen LogP contribution is -2.47. The van der Waals surface area contributed by atoms with Crippen LogP contribution in [0, 0.1) is 0 Å². The second-order valence-electron chi connectivity index (χ2n) is 3.59. The van der Waals surface area contributed by atoms with Crippen molar-refractivity contribution < 1.29 is 19.7 Å². The predicted octanol–water partition coefficient (Wildman–Crippen LogP) is -0.407. The molecule has 0 aromatic rings. The lowest BCUT2D eigenvalue weighted by atomic mass is 10.0. The molecule has 1 unspecified atom stereocenters. The van der Waals surface area contributed by atoms with Crippen LogP contribution < -0.4 is 5.32 Å². The highest BCUT2D eigenvalue weighted by Gasteiger charge is 2.22. The molecule has 1 aliphatic rings. The Morgan fingerprint density at radius 1 is 1.27 bits per heavy atom. The van der Waals surface area contributed by atoms with Crippen molar-refractivity contribution in [3.8, 4) is 0 Å². The van der Waals surface area contributed by atoms with Gasteiger partial charge in [0.05, 0.1) is 6.10 Å². The fourth-order valence-electron chi connectivity index (χ4n) is 1.60. The first-order valence-corrected chi connectivity index (χ1v) is 5.03. The van der Waals surface area contributed by atoms with Crippen molar-refractivity contribution in [3.05, 3.63) is 12.2 Å². The zero-order chi connectivity index (χ0) is 11.3. The summed E-state index contributed by atoms with van der Waals surface area (Å²) in [6.45, 7) is 0. The molecule has 0 fully saturated rings. The average molecular weight is 217 g/mol. The van der Waals surface area contributed by atoms with E-state index in [4.69, 9.17) is 9.47 Å². The zero-order valence-electron chi connectivity index (χ0n) is 9.09. The van der Waals surface area contributed by atoms with E-state index >= 15 is 0 Å². The van der Waals surface area contributed by atoms with E-state index in [0.29, 0.717) is 6.42 Å². The van der Waals surface area contributed by atoms with Gasteiger partial charge in [0.1, 0.15) is 0 Å². The molecule has 1 rings (SSSR count). The molecular formula is C10H19NO4. The van der Waals surface area contributed by atoms with Crippen LogP contribution >= 0.6 is 0 Å². The molecule has 3 atom stereocenters. The summed E-state index contributed by atoms with van der Waals surface area (Å²) in [5.74, 6) is 0. The highest BCUT2D eigenvalue weighted by molar-refractivity contribution is 5.02. The van der Waals surface area contributed by atoms with Crippen LogP contribution in [0.4, 0.5) is 0 Å². The van der Waals surface area contributed by atoms with Crippen LogP contribution in [0.1, 0.15) is 12.8 Å². The van der Waals surface area contributed by atoms with Crippen molar-refractivity contribution in [3.63, 3.8) is 0 Å². The first-order chi connectivity index (χ1) is 7.17. The summed E-state index contributed by atoms with van der Waals surface area (Å²) >= 11 is 0. The van der Waals surface area contributed by atoms with Gasteiger partial charge in [-0.2, -0.15) is 0 Å². The first-order valence-electron chi connectivity index (χ1n) is 5.03. The monoisotopic (exact) mass is 217 g/mol. The Bertz CT molecular complexity index is 206. The van der Waals surface area contributed by atoms with Crippen molar-refractivity contribution >= 4 is 0 Å². The van der Waals surface area contributed by atoms with Crippen molar-refractivity contribution in [2.75, 3.05) is 14.2 Å². The maximum absolute atomic E-state index is 9.67. The molecule has 0 aliphatic heterocycles.